The molecule has 1 aliphatic heterocycles. The average molecular weight is 355 g/mol. The standard InChI is InChI=1S/C15H10O2.C8H7NO/c16-13-10-15(11-6-2-1-3-7-11)17-14-9-5-4-8-12(13)14;10-8-7-4-2-1-3-6(7)5-9-8/h1-10H;1-4H,5H2,(H,9,10). The minimum atomic E-state index is -0.00861. The molecule has 0 fully saturated rings. The first-order chi connectivity index (χ1) is 13.2. The molecular weight excluding hydrogens is 338 g/mol. The van der Waals surface area contributed by atoms with Crippen molar-refractivity contribution in [1.29, 1.82) is 0 Å². The molecule has 1 amide bonds. The molecule has 0 aliphatic carbocycles. The van der Waals surface area contributed by atoms with Crippen molar-refractivity contribution in [2.24, 2.45) is 0 Å². The molecule has 4 heteroatoms. The summed E-state index contributed by atoms with van der Waals surface area (Å²) >= 11 is 0. The molecule has 1 aliphatic rings. The number of amides is 1. The summed E-state index contributed by atoms with van der Waals surface area (Å²) in [6.07, 6.45) is 0. The zero-order valence-corrected chi connectivity index (χ0v) is 14.5. The van der Waals surface area contributed by atoms with Crippen LogP contribution in [0.5, 0.6) is 0 Å². The topological polar surface area (TPSA) is 59.3 Å². The molecule has 1 N–H and O–H groups in total. The van der Waals surface area contributed by atoms with E-state index >= 15 is 0 Å². The predicted molar refractivity (Wildman–Crippen MR) is 106 cm³/mol. The summed E-state index contributed by atoms with van der Waals surface area (Å²) < 4.78 is 5.73. The highest BCUT2D eigenvalue weighted by molar-refractivity contribution is 5.98. The minimum Gasteiger partial charge on any atom is -0.456 e. The maximum absolute atomic E-state index is 11.9. The van der Waals surface area contributed by atoms with E-state index < -0.39 is 0 Å². The predicted octanol–water partition coefficient (Wildman–Crippen LogP) is 4.39. The third kappa shape index (κ3) is 3.51. The minimum absolute atomic E-state index is 0.00861. The van der Waals surface area contributed by atoms with E-state index in [1.807, 2.05) is 72.8 Å². The van der Waals surface area contributed by atoms with Crippen LogP contribution in [0.25, 0.3) is 22.3 Å². The molecule has 132 valence electrons. The van der Waals surface area contributed by atoms with Crippen LogP contribution in [0.15, 0.2) is 94.1 Å². The van der Waals surface area contributed by atoms with Gasteiger partial charge >= 0.3 is 0 Å². The van der Waals surface area contributed by atoms with E-state index in [0.717, 1.165) is 16.7 Å². The lowest BCUT2D eigenvalue weighted by molar-refractivity contribution is 0.0966. The van der Waals surface area contributed by atoms with Crippen LogP contribution in [0.3, 0.4) is 0 Å². The van der Waals surface area contributed by atoms with Gasteiger partial charge < -0.3 is 9.73 Å². The van der Waals surface area contributed by atoms with Gasteiger partial charge in [-0.25, -0.2) is 0 Å². The van der Waals surface area contributed by atoms with E-state index in [0.29, 0.717) is 23.3 Å². The van der Waals surface area contributed by atoms with Crippen molar-refractivity contribution >= 4 is 16.9 Å². The Morgan fingerprint density at radius 3 is 2.30 bits per heavy atom. The van der Waals surface area contributed by atoms with Crippen molar-refractivity contribution in [2.75, 3.05) is 0 Å². The van der Waals surface area contributed by atoms with Gasteiger partial charge in [0.25, 0.3) is 5.91 Å². The fourth-order valence-electron chi connectivity index (χ4n) is 3.02. The number of hydrogen-bond donors (Lipinski definition) is 1. The quantitative estimate of drug-likeness (QED) is 0.551. The summed E-state index contributed by atoms with van der Waals surface area (Å²) in [5, 5.41) is 3.36. The van der Waals surface area contributed by atoms with E-state index in [-0.39, 0.29) is 11.3 Å². The van der Waals surface area contributed by atoms with E-state index in [4.69, 9.17) is 4.42 Å². The SMILES string of the molecule is O=C1NCc2ccccc21.O=c1cc(-c2ccccc2)oc2ccccc12. The number of para-hydroxylation sites is 1. The second-order valence-corrected chi connectivity index (χ2v) is 6.18. The summed E-state index contributed by atoms with van der Waals surface area (Å²) in [6, 6.07) is 26.1. The Morgan fingerprint density at radius 1 is 0.778 bits per heavy atom. The van der Waals surface area contributed by atoms with Crippen molar-refractivity contribution < 1.29 is 9.21 Å². The lowest BCUT2D eigenvalue weighted by atomic mass is 10.1. The van der Waals surface area contributed by atoms with Crippen LogP contribution in [-0.2, 0) is 6.54 Å². The lowest BCUT2D eigenvalue weighted by Gasteiger charge is -2.02. The zero-order valence-electron chi connectivity index (χ0n) is 14.5. The lowest BCUT2D eigenvalue weighted by Crippen LogP contribution is -2.12. The first-order valence-electron chi connectivity index (χ1n) is 8.67. The Kier molecular flexibility index (Phi) is 4.54. The highest BCUT2D eigenvalue weighted by Crippen LogP contribution is 2.21. The smallest absolute Gasteiger partial charge is 0.251 e. The van der Waals surface area contributed by atoms with Crippen LogP contribution in [0.4, 0.5) is 0 Å². The fraction of sp³-hybridized carbons (Fsp3) is 0.0435. The summed E-state index contributed by atoms with van der Waals surface area (Å²) in [5.74, 6) is 0.657. The van der Waals surface area contributed by atoms with Gasteiger partial charge in [-0.05, 0) is 23.8 Å². The highest BCUT2D eigenvalue weighted by Gasteiger charge is 2.16. The van der Waals surface area contributed by atoms with Crippen LogP contribution in [0.2, 0.25) is 0 Å². The molecular formula is C23H17NO3. The van der Waals surface area contributed by atoms with Crippen molar-refractivity contribution in [1.82, 2.24) is 5.32 Å². The van der Waals surface area contributed by atoms with Gasteiger partial charge in [-0.1, -0.05) is 60.7 Å². The summed E-state index contributed by atoms with van der Waals surface area (Å²) in [4.78, 5) is 22.9. The molecule has 0 saturated carbocycles. The molecule has 3 aromatic carbocycles. The second-order valence-electron chi connectivity index (χ2n) is 6.18. The van der Waals surface area contributed by atoms with Crippen molar-refractivity contribution in [3.8, 4) is 11.3 Å². The Bertz CT molecular complexity index is 1160. The normalized spacial score (nSPS) is 12.1. The third-order valence-electron chi connectivity index (χ3n) is 4.39. The number of carbonyl (C=O) groups excluding carboxylic acids is 1. The number of hydrogen-bond acceptors (Lipinski definition) is 3. The number of carbonyl (C=O) groups is 1. The Hall–Kier alpha value is -3.66. The molecule has 0 bridgehead atoms. The molecule has 0 atom stereocenters. The molecule has 1 aromatic heterocycles. The van der Waals surface area contributed by atoms with Crippen LogP contribution in [0, 0.1) is 0 Å². The Balaban J connectivity index is 0.000000153. The summed E-state index contributed by atoms with van der Waals surface area (Å²) in [5.41, 5.74) is 3.45. The molecule has 4 nitrogen and oxygen atoms in total. The van der Waals surface area contributed by atoms with Crippen molar-refractivity contribution in [3.05, 3.63) is 106 Å². The maximum Gasteiger partial charge on any atom is 0.251 e. The van der Waals surface area contributed by atoms with Gasteiger partial charge in [-0.2, -0.15) is 0 Å². The van der Waals surface area contributed by atoms with Crippen molar-refractivity contribution in [3.63, 3.8) is 0 Å². The van der Waals surface area contributed by atoms with Crippen LogP contribution < -0.4 is 10.7 Å². The summed E-state index contributed by atoms with van der Waals surface area (Å²) in [7, 11) is 0. The van der Waals surface area contributed by atoms with E-state index in [1.54, 1.807) is 6.07 Å². The summed E-state index contributed by atoms with van der Waals surface area (Å²) in [6.45, 7) is 0.689. The van der Waals surface area contributed by atoms with Gasteiger partial charge in [0, 0.05) is 23.7 Å². The maximum atomic E-state index is 11.9. The first kappa shape index (κ1) is 16.8. The second kappa shape index (κ2) is 7.30. The molecule has 2 heterocycles. The van der Waals surface area contributed by atoms with Gasteiger partial charge in [-0.3, -0.25) is 9.59 Å². The molecule has 0 unspecified atom stereocenters. The van der Waals surface area contributed by atoms with Gasteiger partial charge in [0.05, 0.1) is 5.39 Å². The first-order valence-corrected chi connectivity index (χ1v) is 8.67. The molecule has 0 spiro atoms. The fourth-order valence-corrected chi connectivity index (χ4v) is 3.02. The third-order valence-corrected chi connectivity index (χ3v) is 4.39. The van der Waals surface area contributed by atoms with Crippen LogP contribution >= 0.6 is 0 Å². The van der Waals surface area contributed by atoms with Gasteiger partial charge in [0.2, 0.25) is 0 Å². The number of benzene rings is 3. The van der Waals surface area contributed by atoms with Gasteiger partial charge in [0.1, 0.15) is 11.3 Å². The van der Waals surface area contributed by atoms with E-state index in [9.17, 15) is 9.59 Å². The van der Waals surface area contributed by atoms with E-state index in [2.05, 4.69) is 5.32 Å². The number of fused-ring (bicyclic) bond motifs is 2. The Labute approximate surface area is 156 Å². The van der Waals surface area contributed by atoms with Crippen molar-refractivity contribution in [2.45, 2.75) is 6.54 Å². The number of rotatable bonds is 1. The van der Waals surface area contributed by atoms with Crippen LogP contribution in [-0.4, -0.2) is 5.91 Å². The van der Waals surface area contributed by atoms with E-state index in [1.165, 1.54) is 6.07 Å². The van der Waals surface area contributed by atoms with Gasteiger partial charge in [-0.15, -0.1) is 0 Å². The molecule has 0 radical (unpaired) electrons. The molecule has 5 rings (SSSR count). The molecule has 0 saturated heterocycles. The largest absolute Gasteiger partial charge is 0.456 e. The molecule has 4 aromatic rings. The molecule has 27 heavy (non-hydrogen) atoms. The Morgan fingerprint density at radius 2 is 1.48 bits per heavy atom. The zero-order chi connectivity index (χ0) is 18.6. The van der Waals surface area contributed by atoms with Crippen LogP contribution in [0.1, 0.15) is 15.9 Å². The van der Waals surface area contributed by atoms with Gasteiger partial charge in [0.15, 0.2) is 5.43 Å². The monoisotopic (exact) mass is 355 g/mol. The average Bonchev–Trinajstić information content (AvgIpc) is 3.10. The number of nitrogens with one attached hydrogen (secondary N) is 1. The highest BCUT2D eigenvalue weighted by atomic mass is 16.3.